The number of aryl methyl sites for hydroxylation is 2. The van der Waals surface area contributed by atoms with Gasteiger partial charge < -0.3 is 26.4 Å². The molecule has 1 amide bonds. The lowest BCUT2D eigenvalue weighted by molar-refractivity contribution is -0.105. The summed E-state index contributed by atoms with van der Waals surface area (Å²) in [5.41, 5.74) is 13.9. The third-order valence-electron chi connectivity index (χ3n) is 7.02. The van der Waals surface area contributed by atoms with Crippen LogP contribution < -0.4 is 21.7 Å². The minimum absolute atomic E-state index is 0.0295. The number of methoxy groups -OCH3 is 1. The number of thiophene rings is 1. The molecule has 0 spiro atoms. The molecule has 3 unspecified atom stereocenters. The van der Waals surface area contributed by atoms with E-state index in [-0.39, 0.29) is 30.9 Å². The number of rotatable bonds is 6. The summed E-state index contributed by atoms with van der Waals surface area (Å²) in [6.07, 6.45) is 3.10. The molecule has 198 valence electrons. The van der Waals surface area contributed by atoms with Crippen molar-refractivity contribution in [2.24, 2.45) is 11.7 Å². The number of hydrogen-bond donors (Lipinski definition) is 3. The number of anilines is 2. The van der Waals surface area contributed by atoms with Gasteiger partial charge in [0.1, 0.15) is 22.1 Å². The Hall–Kier alpha value is -3.03. The van der Waals surface area contributed by atoms with Crippen molar-refractivity contribution in [3.63, 3.8) is 0 Å². The number of carbonyl (C=O) groups excluding carboxylic acids is 1. The maximum Gasteiger partial charge on any atom is 0.276 e. The average molecular weight is 536 g/mol. The predicted molar refractivity (Wildman–Crippen MR) is 135 cm³/mol. The van der Waals surface area contributed by atoms with Crippen molar-refractivity contribution >= 4 is 39.0 Å². The SMILES string of the molecule is COCC(F)(F)C1CN(c2nc3c(cc2F)CC(NC(=O)c2sc4nc(C)ncc4c2N)CC3)CC1N. The summed E-state index contributed by atoms with van der Waals surface area (Å²) in [6.45, 7) is 0.984. The summed E-state index contributed by atoms with van der Waals surface area (Å²) in [6, 6.07) is 0.314. The Morgan fingerprint density at radius 3 is 2.89 bits per heavy atom. The van der Waals surface area contributed by atoms with E-state index in [1.54, 1.807) is 13.1 Å². The van der Waals surface area contributed by atoms with E-state index in [0.717, 1.165) is 0 Å². The molecule has 1 saturated heterocycles. The number of pyridine rings is 1. The van der Waals surface area contributed by atoms with E-state index in [2.05, 4.69) is 25.0 Å². The van der Waals surface area contributed by atoms with E-state index < -0.39 is 30.3 Å². The first kappa shape index (κ1) is 25.6. The van der Waals surface area contributed by atoms with Crippen molar-refractivity contribution in [1.29, 1.82) is 0 Å². The zero-order valence-corrected chi connectivity index (χ0v) is 21.2. The highest BCUT2D eigenvalue weighted by molar-refractivity contribution is 7.21. The van der Waals surface area contributed by atoms with E-state index in [1.165, 1.54) is 29.4 Å². The van der Waals surface area contributed by atoms with Crippen molar-refractivity contribution in [3.05, 3.63) is 40.0 Å². The first-order chi connectivity index (χ1) is 17.6. The summed E-state index contributed by atoms with van der Waals surface area (Å²) in [4.78, 5) is 28.4. The summed E-state index contributed by atoms with van der Waals surface area (Å²) in [7, 11) is 1.21. The minimum atomic E-state index is -3.12. The highest BCUT2D eigenvalue weighted by atomic mass is 32.1. The molecule has 13 heteroatoms. The lowest BCUT2D eigenvalue weighted by Gasteiger charge is -2.27. The molecular formula is C24H28F3N7O2S. The molecule has 37 heavy (non-hydrogen) atoms. The lowest BCUT2D eigenvalue weighted by Crippen LogP contribution is -2.43. The lowest BCUT2D eigenvalue weighted by atomic mass is 9.91. The molecule has 2 aliphatic rings. The normalized spacial score (nSPS) is 21.9. The van der Waals surface area contributed by atoms with E-state index in [0.29, 0.717) is 57.1 Å². The summed E-state index contributed by atoms with van der Waals surface area (Å²) < 4.78 is 48.6. The second-order valence-corrected chi connectivity index (χ2v) is 10.7. The van der Waals surface area contributed by atoms with Crippen molar-refractivity contribution in [3.8, 4) is 0 Å². The van der Waals surface area contributed by atoms with Gasteiger partial charge in [-0.2, -0.15) is 0 Å². The number of fused-ring (bicyclic) bond motifs is 2. The number of nitrogens with one attached hydrogen (secondary N) is 1. The second-order valence-electron chi connectivity index (χ2n) is 9.66. The maximum atomic E-state index is 15.1. The van der Waals surface area contributed by atoms with Crippen LogP contribution in [0.3, 0.4) is 0 Å². The number of alkyl halides is 2. The number of nitrogen functional groups attached to an aromatic ring is 1. The molecule has 5 rings (SSSR count). The largest absolute Gasteiger partial charge is 0.397 e. The van der Waals surface area contributed by atoms with Gasteiger partial charge in [0, 0.05) is 44.2 Å². The molecule has 3 aromatic heterocycles. The standard InChI is InChI=1S/C24H28F3N7O2S/c1-11-30-7-14-19(29)20(37-23(14)31-11)22(35)32-13-3-4-18-12(5-13)6-16(25)21(33-18)34-8-15(17(28)9-34)24(26,27)10-36-2/h6-7,13,15,17H,3-5,8-10,28-29H2,1-2H3,(H,32,35). The fourth-order valence-corrected chi connectivity index (χ4v) is 6.14. The van der Waals surface area contributed by atoms with Crippen molar-refractivity contribution in [2.45, 2.75) is 44.2 Å². The van der Waals surface area contributed by atoms with E-state index in [1.807, 2.05) is 0 Å². The number of carbonyl (C=O) groups is 1. The molecule has 0 radical (unpaired) electrons. The smallest absolute Gasteiger partial charge is 0.276 e. The van der Waals surface area contributed by atoms with Crippen LogP contribution in [0.4, 0.5) is 24.7 Å². The molecule has 0 aromatic carbocycles. The summed E-state index contributed by atoms with van der Waals surface area (Å²) in [5, 5.41) is 3.63. The number of nitrogens with zero attached hydrogens (tertiary/aromatic N) is 4. The molecule has 5 N–H and O–H groups in total. The van der Waals surface area contributed by atoms with Gasteiger partial charge in [-0.1, -0.05) is 0 Å². The van der Waals surface area contributed by atoms with Crippen LogP contribution in [0.2, 0.25) is 0 Å². The van der Waals surface area contributed by atoms with Crippen LogP contribution in [-0.2, 0) is 17.6 Å². The van der Waals surface area contributed by atoms with E-state index in [9.17, 15) is 13.6 Å². The van der Waals surface area contributed by atoms with Gasteiger partial charge >= 0.3 is 0 Å². The quantitative estimate of drug-likeness (QED) is 0.439. The molecule has 9 nitrogen and oxygen atoms in total. The minimum Gasteiger partial charge on any atom is -0.397 e. The highest BCUT2D eigenvalue weighted by Gasteiger charge is 2.48. The highest BCUT2D eigenvalue weighted by Crippen LogP contribution is 2.36. The number of halogens is 3. The van der Waals surface area contributed by atoms with Crippen LogP contribution in [0.1, 0.15) is 33.2 Å². The monoisotopic (exact) mass is 535 g/mol. The molecule has 4 heterocycles. The topological polar surface area (TPSA) is 132 Å². The van der Waals surface area contributed by atoms with Crippen molar-refractivity contribution in [1.82, 2.24) is 20.3 Å². The van der Waals surface area contributed by atoms with Gasteiger partial charge in [0.2, 0.25) is 0 Å². The first-order valence-corrected chi connectivity index (χ1v) is 12.8. The van der Waals surface area contributed by atoms with Crippen LogP contribution in [-0.4, -0.2) is 65.7 Å². The third kappa shape index (κ3) is 4.82. The number of nitrogens with two attached hydrogens (primary N) is 2. The Balaban J connectivity index is 1.29. The second kappa shape index (κ2) is 9.69. The van der Waals surface area contributed by atoms with Crippen molar-refractivity contribution < 1.29 is 22.7 Å². The Labute approximate surface area is 215 Å². The zero-order valence-electron chi connectivity index (χ0n) is 20.4. The number of aromatic nitrogens is 3. The Kier molecular flexibility index (Phi) is 6.71. The number of amides is 1. The Bertz CT molecular complexity index is 1350. The van der Waals surface area contributed by atoms with Gasteiger partial charge in [-0.3, -0.25) is 4.79 Å². The Morgan fingerprint density at radius 2 is 2.14 bits per heavy atom. The zero-order chi connectivity index (χ0) is 26.5. The maximum absolute atomic E-state index is 15.1. The fourth-order valence-electron chi connectivity index (χ4n) is 5.12. The molecule has 1 aliphatic heterocycles. The van der Waals surface area contributed by atoms with E-state index in [4.69, 9.17) is 11.5 Å². The molecule has 1 fully saturated rings. The predicted octanol–water partition coefficient (Wildman–Crippen LogP) is 2.45. The van der Waals surface area contributed by atoms with Crippen LogP contribution in [0.15, 0.2) is 12.3 Å². The molecule has 1 aliphatic carbocycles. The molecule has 0 bridgehead atoms. The molecule has 0 saturated carbocycles. The van der Waals surface area contributed by atoms with Crippen molar-refractivity contribution in [2.75, 3.05) is 37.4 Å². The van der Waals surface area contributed by atoms with Gasteiger partial charge in [0.05, 0.1) is 17.0 Å². The van der Waals surface area contributed by atoms with Crippen LogP contribution >= 0.6 is 11.3 Å². The van der Waals surface area contributed by atoms with Crippen LogP contribution in [0.5, 0.6) is 0 Å². The third-order valence-corrected chi connectivity index (χ3v) is 8.13. The van der Waals surface area contributed by atoms with Gasteiger partial charge in [-0.05, 0) is 37.8 Å². The van der Waals surface area contributed by atoms with Gasteiger partial charge in [-0.15, -0.1) is 11.3 Å². The summed E-state index contributed by atoms with van der Waals surface area (Å²) >= 11 is 1.21. The molecule has 3 aromatic rings. The first-order valence-electron chi connectivity index (χ1n) is 12.0. The summed E-state index contributed by atoms with van der Waals surface area (Å²) in [5.74, 6) is -4.58. The van der Waals surface area contributed by atoms with Gasteiger partial charge in [-0.25, -0.2) is 28.1 Å². The van der Waals surface area contributed by atoms with E-state index >= 15 is 4.39 Å². The molecule has 3 atom stereocenters. The van der Waals surface area contributed by atoms with Gasteiger partial charge in [0.25, 0.3) is 11.8 Å². The Morgan fingerprint density at radius 1 is 1.35 bits per heavy atom. The number of hydrogen-bond acceptors (Lipinski definition) is 9. The number of ether oxygens (including phenoxy) is 1. The average Bonchev–Trinajstić information content (AvgIpc) is 3.38. The van der Waals surface area contributed by atoms with Crippen LogP contribution in [0, 0.1) is 18.7 Å². The van der Waals surface area contributed by atoms with Crippen LogP contribution in [0.25, 0.3) is 10.2 Å². The fraction of sp³-hybridized carbons (Fsp3) is 0.500. The molecular weight excluding hydrogens is 507 g/mol. The van der Waals surface area contributed by atoms with Gasteiger partial charge in [0.15, 0.2) is 11.6 Å².